The minimum Gasteiger partial charge on any atom is -0.318 e. The Hall–Kier alpha value is -3.65. The second kappa shape index (κ2) is 9.01. The molecule has 0 spiro atoms. The van der Waals surface area contributed by atoms with Crippen LogP contribution in [0, 0.1) is 32.0 Å². The second-order valence-corrected chi connectivity index (χ2v) is 7.69. The first-order valence-electron chi connectivity index (χ1n) is 10.1. The molecule has 1 aromatic heterocycles. The molecule has 1 N–H and O–H groups in total. The number of nitrogens with zero attached hydrogens (tertiary/aromatic N) is 1. The summed E-state index contributed by atoms with van der Waals surface area (Å²) in [6.45, 7) is 5.73. The number of nitrogens with one attached hydrogen (secondary N) is 1. The van der Waals surface area contributed by atoms with Gasteiger partial charge in [-0.05, 0) is 96.3 Å². The van der Waals surface area contributed by atoms with Crippen LogP contribution in [0.5, 0.6) is 0 Å². The predicted molar refractivity (Wildman–Crippen MR) is 123 cm³/mol. The number of rotatable bonds is 5. The maximum Gasteiger partial charge on any atom is 0.300 e. The summed E-state index contributed by atoms with van der Waals surface area (Å²) < 4.78 is 15.3. The molecule has 0 atom stereocenters. The van der Waals surface area contributed by atoms with Gasteiger partial charge in [-0.25, -0.2) is 4.39 Å². The number of amides is 1. The number of pyridine rings is 1. The van der Waals surface area contributed by atoms with Gasteiger partial charge in [0.05, 0.1) is 0 Å². The van der Waals surface area contributed by atoms with Gasteiger partial charge in [0.25, 0.3) is 11.5 Å². The fourth-order valence-electron chi connectivity index (χ4n) is 3.84. The smallest absolute Gasteiger partial charge is 0.300 e. The normalized spacial score (nSPS) is 10.6. The Balaban J connectivity index is 2.19. The third-order valence-corrected chi connectivity index (χ3v) is 5.48. The molecule has 31 heavy (non-hydrogen) atoms. The minimum atomic E-state index is -0.529. The number of aryl methyl sites for hydroxylation is 4. The number of hydrogen-bond donors (Lipinski definition) is 1. The molecule has 0 aliphatic rings. The van der Waals surface area contributed by atoms with Gasteiger partial charge in [0.2, 0.25) is 0 Å². The van der Waals surface area contributed by atoms with Crippen LogP contribution in [0.25, 0.3) is 11.1 Å². The molecule has 0 saturated carbocycles. The topological polar surface area (TPSA) is 51.1 Å². The van der Waals surface area contributed by atoms with Crippen molar-refractivity contribution in [1.29, 1.82) is 0 Å². The van der Waals surface area contributed by atoms with Crippen LogP contribution >= 0.6 is 0 Å². The molecule has 0 radical (unpaired) electrons. The highest BCUT2D eigenvalue weighted by atomic mass is 19.1. The number of carbonyl (C=O) groups excluding carboxylic acids is 1. The summed E-state index contributed by atoms with van der Waals surface area (Å²) in [6.07, 6.45) is 8.17. The van der Waals surface area contributed by atoms with Crippen LogP contribution in [-0.4, -0.2) is 10.5 Å². The molecule has 0 unspecified atom stereocenters. The van der Waals surface area contributed by atoms with E-state index in [-0.39, 0.29) is 11.4 Å². The Morgan fingerprint density at radius 1 is 1.13 bits per heavy atom. The highest BCUT2D eigenvalue weighted by Crippen LogP contribution is 2.31. The summed E-state index contributed by atoms with van der Waals surface area (Å²) in [7, 11) is 1.73. The lowest BCUT2D eigenvalue weighted by Gasteiger charge is -2.17. The molecule has 158 valence electrons. The zero-order valence-electron chi connectivity index (χ0n) is 18.2. The molecule has 1 amide bonds. The Bertz CT molecular complexity index is 1240. The monoisotopic (exact) mass is 416 g/mol. The molecule has 0 fully saturated rings. The number of terminal acetylenes is 1. The zero-order chi connectivity index (χ0) is 22.7. The van der Waals surface area contributed by atoms with Crippen LogP contribution in [0.2, 0.25) is 0 Å². The number of hydrogen-bond acceptors (Lipinski definition) is 2. The number of carbonyl (C=O) groups is 1. The van der Waals surface area contributed by atoms with Crippen LogP contribution < -0.4 is 10.9 Å². The first kappa shape index (κ1) is 22.0. The number of benzene rings is 2. The fraction of sp³-hybridized carbons (Fsp3) is 0.231. The van der Waals surface area contributed by atoms with Crippen LogP contribution in [0.15, 0.2) is 47.4 Å². The lowest BCUT2D eigenvalue weighted by molar-refractivity contribution is -0.111. The molecule has 0 aliphatic heterocycles. The molecule has 2 aromatic carbocycles. The standard InChI is InChI=1S/C26H25FN2O2/c1-6-18-12-20(15-29(5)26(18)31)24-14-22(28-25(30)7-2)9-8-19(24)13-23-16(3)10-21(27)11-17(23)4/h2,8-12,14-15H,6,13H2,1,3-5H3,(H,28,30). The molecule has 0 bridgehead atoms. The van der Waals surface area contributed by atoms with Gasteiger partial charge in [0, 0.05) is 24.5 Å². The van der Waals surface area contributed by atoms with Crippen molar-refractivity contribution in [3.63, 3.8) is 0 Å². The van der Waals surface area contributed by atoms with Gasteiger partial charge >= 0.3 is 0 Å². The van der Waals surface area contributed by atoms with E-state index in [9.17, 15) is 14.0 Å². The summed E-state index contributed by atoms with van der Waals surface area (Å²) in [6, 6.07) is 10.5. The van der Waals surface area contributed by atoms with Gasteiger partial charge in [-0.1, -0.05) is 13.0 Å². The van der Waals surface area contributed by atoms with E-state index in [2.05, 4.69) is 11.2 Å². The fourth-order valence-corrected chi connectivity index (χ4v) is 3.84. The molecule has 0 aliphatic carbocycles. The van der Waals surface area contributed by atoms with Gasteiger partial charge in [-0.2, -0.15) is 0 Å². The predicted octanol–water partition coefficient (Wildman–Crippen LogP) is 4.53. The van der Waals surface area contributed by atoms with Crippen LogP contribution in [0.3, 0.4) is 0 Å². The van der Waals surface area contributed by atoms with E-state index in [4.69, 9.17) is 6.42 Å². The lowest BCUT2D eigenvalue weighted by Crippen LogP contribution is -2.20. The number of anilines is 1. The van der Waals surface area contributed by atoms with Crippen molar-refractivity contribution < 1.29 is 9.18 Å². The average Bonchev–Trinajstić information content (AvgIpc) is 2.73. The maximum atomic E-state index is 13.8. The SMILES string of the molecule is C#CC(=O)Nc1ccc(Cc2c(C)cc(F)cc2C)c(-c2cc(CC)c(=O)n(C)c2)c1. The maximum absolute atomic E-state index is 13.8. The molecule has 5 heteroatoms. The summed E-state index contributed by atoms with van der Waals surface area (Å²) in [5.41, 5.74) is 6.78. The summed E-state index contributed by atoms with van der Waals surface area (Å²) in [5.74, 6) is 1.27. The molecule has 0 saturated heterocycles. The van der Waals surface area contributed by atoms with Crippen LogP contribution in [-0.2, 0) is 24.7 Å². The van der Waals surface area contributed by atoms with Crippen molar-refractivity contribution in [2.75, 3.05) is 5.32 Å². The van der Waals surface area contributed by atoms with Gasteiger partial charge in [-0.3, -0.25) is 9.59 Å². The van der Waals surface area contributed by atoms with Crippen molar-refractivity contribution in [1.82, 2.24) is 4.57 Å². The van der Waals surface area contributed by atoms with Gasteiger partial charge in [0.1, 0.15) is 5.82 Å². The quantitative estimate of drug-likeness (QED) is 0.621. The van der Waals surface area contributed by atoms with E-state index < -0.39 is 5.91 Å². The third-order valence-electron chi connectivity index (χ3n) is 5.48. The Kier molecular flexibility index (Phi) is 6.41. The Morgan fingerprint density at radius 2 is 1.81 bits per heavy atom. The van der Waals surface area contributed by atoms with Crippen molar-refractivity contribution in [2.45, 2.75) is 33.6 Å². The van der Waals surface area contributed by atoms with Crippen molar-refractivity contribution >= 4 is 11.6 Å². The first-order chi connectivity index (χ1) is 14.7. The van der Waals surface area contributed by atoms with Crippen molar-refractivity contribution in [3.05, 3.63) is 86.6 Å². The van der Waals surface area contributed by atoms with Crippen LogP contribution in [0.1, 0.15) is 34.7 Å². The third kappa shape index (κ3) is 4.75. The lowest BCUT2D eigenvalue weighted by atomic mass is 9.90. The van der Waals surface area contributed by atoms with E-state index in [1.165, 1.54) is 12.1 Å². The van der Waals surface area contributed by atoms with E-state index in [1.807, 2.05) is 39.0 Å². The molecule has 4 nitrogen and oxygen atoms in total. The zero-order valence-corrected chi connectivity index (χ0v) is 18.2. The van der Waals surface area contributed by atoms with Gasteiger partial charge in [-0.15, -0.1) is 6.42 Å². The molecule has 3 aromatic rings. The van der Waals surface area contributed by atoms with Gasteiger partial charge in [0.15, 0.2) is 0 Å². The van der Waals surface area contributed by atoms with E-state index in [1.54, 1.807) is 23.9 Å². The van der Waals surface area contributed by atoms with Crippen molar-refractivity contribution in [2.24, 2.45) is 7.05 Å². The molecule has 1 heterocycles. The highest BCUT2D eigenvalue weighted by Gasteiger charge is 2.14. The number of aromatic nitrogens is 1. The second-order valence-electron chi connectivity index (χ2n) is 7.69. The summed E-state index contributed by atoms with van der Waals surface area (Å²) in [4.78, 5) is 24.1. The highest BCUT2D eigenvalue weighted by molar-refractivity contribution is 6.03. The summed E-state index contributed by atoms with van der Waals surface area (Å²) in [5, 5.41) is 2.68. The average molecular weight is 416 g/mol. The number of halogens is 1. The largest absolute Gasteiger partial charge is 0.318 e. The van der Waals surface area contributed by atoms with E-state index in [0.29, 0.717) is 24.1 Å². The molecular weight excluding hydrogens is 391 g/mol. The Morgan fingerprint density at radius 3 is 2.42 bits per heavy atom. The molecular formula is C26H25FN2O2. The van der Waals surface area contributed by atoms with Crippen molar-refractivity contribution in [3.8, 4) is 23.5 Å². The Labute approximate surface area is 181 Å². The minimum absolute atomic E-state index is 0.0326. The summed E-state index contributed by atoms with van der Waals surface area (Å²) >= 11 is 0. The van der Waals surface area contributed by atoms with Gasteiger partial charge < -0.3 is 9.88 Å². The van der Waals surface area contributed by atoms with Crippen LogP contribution in [0.4, 0.5) is 10.1 Å². The molecule has 3 rings (SSSR count). The van der Waals surface area contributed by atoms with E-state index >= 15 is 0 Å². The first-order valence-corrected chi connectivity index (χ1v) is 10.1. The van der Waals surface area contributed by atoms with E-state index in [0.717, 1.165) is 33.4 Å².